The summed E-state index contributed by atoms with van der Waals surface area (Å²) in [7, 11) is 1.46. The summed E-state index contributed by atoms with van der Waals surface area (Å²) < 4.78 is 12.0. The highest BCUT2D eigenvalue weighted by atomic mass is 79.9. The van der Waals surface area contributed by atoms with Crippen LogP contribution in [0.2, 0.25) is 0 Å². The molecular formula is C21H24BrNO3. The number of piperidine rings is 1. The average molecular weight is 418 g/mol. The molecule has 26 heavy (non-hydrogen) atoms. The normalized spacial score (nSPS) is 17.7. The Morgan fingerprint density at radius 1 is 1.19 bits per heavy atom. The molecule has 4 nitrogen and oxygen atoms in total. The molecule has 0 N–H and O–H groups in total. The standard InChI is InChI=1S/C21H24BrNO3/c1-25-21(24)17-9-6-12-23(13-17)14-18-19(22)10-5-11-20(18)26-15-16-7-3-2-4-8-16/h2-5,7-8,10-11,17H,6,9,12-15H2,1H3. The van der Waals surface area contributed by atoms with E-state index in [4.69, 9.17) is 9.47 Å². The number of likely N-dealkylation sites (tertiary alicyclic amines) is 1. The Morgan fingerprint density at radius 3 is 2.77 bits per heavy atom. The van der Waals surface area contributed by atoms with Gasteiger partial charge in [-0.3, -0.25) is 9.69 Å². The number of benzene rings is 2. The van der Waals surface area contributed by atoms with Gasteiger partial charge in [0.2, 0.25) is 0 Å². The van der Waals surface area contributed by atoms with Gasteiger partial charge in [-0.15, -0.1) is 0 Å². The van der Waals surface area contributed by atoms with Crippen LogP contribution in [0.3, 0.4) is 0 Å². The van der Waals surface area contributed by atoms with Crippen LogP contribution in [0.1, 0.15) is 24.0 Å². The number of hydrogen-bond acceptors (Lipinski definition) is 4. The molecule has 2 aromatic rings. The molecular weight excluding hydrogens is 394 g/mol. The highest BCUT2D eigenvalue weighted by Crippen LogP contribution is 2.30. The molecule has 3 rings (SSSR count). The molecule has 0 spiro atoms. The van der Waals surface area contributed by atoms with Crippen molar-refractivity contribution >= 4 is 21.9 Å². The molecule has 1 atom stereocenters. The summed E-state index contributed by atoms with van der Waals surface area (Å²) in [5.41, 5.74) is 2.26. The molecule has 1 unspecified atom stereocenters. The second-order valence-electron chi connectivity index (χ2n) is 6.59. The Bertz CT molecular complexity index is 735. The maximum Gasteiger partial charge on any atom is 0.309 e. The number of ether oxygens (including phenoxy) is 2. The van der Waals surface area contributed by atoms with E-state index in [1.807, 2.05) is 36.4 Å². The summed E-state index contributed by atoms with van der Waals surface area (Å²) in [6.07, 6.45) is 1.90. The molecule has 0 radical (unpaired) electrons. The second-order valence-corrected chi connectivity index (χ2v) is 7.44. The third kappa shape index (κ3) is 4.86. The molecule has 0 aromatic heterocycles. The summed E-state index contributed by atoms with van der Waals surface area (Å²) in [4.78, 5) is 14.2. The number of nitrogens with zero attached hydrogens (tertiary/aromatic N) is 1. The third-order valence-electron chi connectivity index (χ3n) is 4.73. The van der Waals surface area contributed by atoms with E-state index in [0.29, 0.717) is 6.61 Å². The van der Waals surface area contributed by atoms with Crippen molar-refractivity contribution in [1.29, 1.82) is 0 Å². The van der Waals surface area contributed by atoms with Gasteiger partial charge in [-0.2, -0.15) is 0 Å². The molecule has 2 aromatic carbocycles. The molecule has 1 fully saturated rings. The van der Waals surface area contributed by atoms with Gasteiger partial charge in [-0.25, -0.2) is 0 Å². The smallest absolute Gasteiger partial charge is 0.309 e. The van der Waals surface area contributed by atoms with Gasteiger partial charge >= 0.3 is 5.97 Å². The second kappa shape index (κ2) is 9.19. The fraction of sp³-hybridized carbons (Fsp3) is 0.381. The minimum Gasteiger partial charge on any atom is -0.489 e. The van der Waals surface area contributed by atoms with E-state index in [0.717, 1.165) is 53.8 Å². The van der Waals surface area contributed by atoms with Crippen LogP contribution < -0.4 is 4.74 Å². The predicted molar refractivity (Wildman–Crippen MR) is 105 cm³/mol. The first kappa shape index (κ1) is 18.9. The Hall–Kier alpha value is -1.85. The van der Waals surface area contributed by atoms with Crippen LogP contribution in [0.25, 0.3) is 0 Å². The van der Waals surface area contributed by atoms with Gasteiger partial charge in [0, 0.05) is 23.1 Å². The molecule has 0 saturated carbocycles. The quantitative estimate of drug-likeness (QED) is 0.652. The van der Waals surface area contributed by atoms with Crippen LogP contribution in [0.15, 0.2) is 53.0 Å². The summed E-state index contributed by atoms with van der Waals surface area (Å²) >= 11 is 3.66. The maximum atomic E-state index is 11.9. The van der Waals surface area contributed by atoms with E-state index >= 15 is 0 Å². The first-order valence-electron chi connectivity index (χ1n) is 8.91. The minimum atomic E-state index is -0.109. The van der Waals surface area contributed by atoms with Crippen LogP contribution in [-0.2, 0) is 22.7 Å². The van der Waals surface area contributed by atoms with Crippen LogP contribution >= 0.6 is 15.9 Å². The van der Waals surface area contributed by atoms with Gasteiger partial charge in [0.25, 0.3) is 0 Å². The van der Waals surface area contributed by atoms with E-state index in [1.165, 1.54) is 7.11 Å². The molecule has 1 aliphatic heterocycles. The lowest BCUT2D eigenvalue weighted by Crippen LogP contribution is -2.38. The first-order valence-corrected chi connectivity index (χ1v) is 9.71. The Labute approximate surface area is 163 Å². The van der Waals surface area contributed by atoms with Crippen LogP contribution in [0, 0.1) is 5.92 Å². The Kier molecular flexibility index (Phi) is 6.69. The Balaban J connectivity index is 1.70. The fourth-order valence-corrected chi connectivity index (χ4v) is 3.82. The monoisotopic (exact) mass is 417 g/mol. The summed E-state index contributed by atoms with van der Waals surface area (Å²) in [6, 6.07) is 16.2. The number of esters is 1. The van der Waals surface area contributed by atoms with Gasteiger partial charge in [-0.1, -0.05) is 52.3 Å². The van der Waals surface area contributed by atoms with Crippen molar-refractivity contribution in [3.05, 3.63) is 64.1 Å². The third-order valence-corrected chi connectivity index (χ3v) is 5.48. The molecule has 1 aliphatic rings. The van der Waals surface area contributed by atoms with Gasteiger partial charge in [0.05, 0.1) is 13.0 Å². The van der Waals surface area contributed by atoms with E-state index in [9.17, 15) is 4.79 Å². The van der Waals surface area contributed by atoms with Crippen molar-refractivity contribution in [2.24, 2.45) is 5.92 Å². The highest BCUT2D eigenvalue weighted by Gasteiger charge is 2.27. The number of halogens is 1. The number of carbonyl (C=O) groups excluding carboxylic acids is 1. The van der Waals surface area contributed by atoms with Gasteiger partial charge in [0.1, 0.15) is 12.4 Å². The van der Waals surface area contributed by atoms with Crippen LogP contribution in [0.5, 0.6) is 5.75 Å². The molecule has 0 amide bonds. The largest absolute Gasteiger partial charge is 0.489 e. The van der Waals surface area contributed by atoms with Crippen molar-refractivity contribution in [1.82, 2.24) is 4.90 Å². The maximum absolute atomic E-state index is 11.9. The summed E-state index contributed by atoms with van der Waals surface area (Å²) in [5, 5.41) is 0. The summed E-state index contributed by atoms with van der Waals surface area (Å²) in [5.74, 6) is 0.732. The van der Waals surface area contributed by atoms with Crippen molar-refractivity contribution in [3.63, 3.8) is 0 Å². The number of carbonyl (C=O) groups is 1. The van der Waals surface area contributed by atoms with Crippen molar-refractivity contribution in [3.8, 4) is 5.75 Å². The van der Waals surface area contributed by atoms with Gasteiger partial charge < -0.3 is 9.47 Å². The number of methoxy groups -OCH3 is 1. The van der Waals surface area contributed by atoms with E-state index < -0.39 is 0 Å². The zero-order valence-electron chi connectivity index (χ0n) is 15.0. The molecule has 1 saturated heterocycles. The zero-order valence-corrected chi connectivity index (χ0v) is 16.6. The number of rotatable bonds is 6. The van der Waals surface area contributed by atoms with E-state index in [-0.39, 0.29) is 11.9 Å². The topological polar surface area (TPSA) is 38.8 Å². The summed E-state index contributed by atoms with van der Waals surface area (Å²) in [6.45, 7) is 2.99. The van der Waals surface area contributed by atoms with E-state index in [1.54, 1.807) is 0 Å². The number of hydrogen-bond donors (Lipinski definition) is 0. The molecule has 1 heterocycles. The Morgan fingerprint density at radius 2 is 2.00 bits per heavy atom. The van der Waals surface area contributed by atoms with Gasteiger partial charge in [-0.05, 0) is 37.1 Å². The van der Waals surface area contributed by atoms with Crippen molar-refractivity contribution in [2.75, 3.05) is 20.2 Å². The van der Waals surface area contributed by atoms with Crippen molar-refractivity contribution in [2.45, 2.75) is 26.0 Å². The molecule has 5 heteroatoms. The first-order chi connectivity index (χ1) is 12.7. The lowest BCUT2D eigenvalue weighted by Gasteiger charge is -2.32. The van der Waals surface area contributed by atoms with Crippen molar-refractivity contribution < 1.29 is 14.3 Å². The minimum absolute atomic E-state index is 0.0371. The van der Waals surface area contributed by atoms with Crippen LogP contribution in [0.4, 0.5) is 0 Å². The van der Waals surface area contributed by atoms with Gasteiger partial charge in [0.15, 0.2) is 0 Å². The lowest BCUT2D eigenvalue weighted by molar-refractivity contribution is -0.147. The molecule has 0 bridgehead atoms. The molecule has 0 aliphatic carbocycles. The fourth-order valence-electron chi connectivity index (χ4n) is 3.34. The average Bonchev–Trinajstić information content (AvgIpc) is 2.69. The zero-order chi connectivity index (χ0) is 18.4. The van der Waals surface area contributed by atoms with E-state index in [2.05, 4.69) is 33.0 Å². The lowest BCUT2D eigenvalue weighted by atomic mass is 9.97. The van der Waals surface area contributed by atoms with Crippen LogP contribution in [-0.4, -0.2) is 31.1 Å². The predicted octanol–water partition coefficient (Wildman–Crippen LogP) is 4.41. The molecule has 138 valence electrons. The highest BCUT2D eigenvalue weighted by molar-refractivity contribution is 9.10. The SMILES string of the molecule is COC(=O)C1CCCN(Cc2c(Br)cccc2OCc2ccccc2)C1.